The number of rotatable bonds is 4. The van der Waals surface area contributed by atoms with Crippen molar-refractivity contribution in [2.45, 2.75) is 38.0 Å². The Morgan fingerprint density at radius 3 is 2.67 bits per heavy atom. The third-order valence-corrected chi connectivity index (χ3v) is 6.27. The van der Waals surface area contributed by atoms with Gasteiger partial charge < -0.3 is 4.74 Å². The number of pyridine rings is 1. The molecule has 6 rings (SSSR count). The van der Waals surface area contributed by atoms with Crippen molar-refractivity contribution in [3.05, 3.63) is 58.9 Å². The van der Waals surface area contributed by atoms with Gasteiger partial charge in [0.1, 0.15) is 5.75 Å². The summed E-state index contributed by atoms with van der Waals surface area (Å²) in [6, 6.07) is 9.27. The van der Waals surface area contributed by atoms with E-state index in [2.05, 4.69) is 25.1 Å². The molecule has 1 aliphatic carbocycles. The first kappa shape index (κ1) is 19.6. The molecule has 5 aromatic rings. The molecule has 33 heavy (non-hydrogen) atoms. The first-order valence-electron chi connectivity index (χ1n) is 11.1. The van der Waals surface area contributed by atoms with Gasteiger partial charge in [-0.3, -0.25) is 9.89 Å². The monoisotopic (exact) mass is 442 g/mol. The van der Waals surface area contributed by atoms with E-state index in [0.717, 1.165) is 30.0 Å². The highest BCUT2D eigenvalue weighted by Gasteiger charge is 2.21. The van der Waals surface area contributed by atoms with Crippen molar-refractivity contribution in [1.29, 1.82) is 0 Å². The number of hydrogen-bond acceptors (Lipinski definition) is 7. The van der Waals surface area contributed by atoms with Crippen molar-refractivity contribution in [2.24, 2.45) is 0 Å². The van der Waals surface area contributed by atoms with Gasteiger partial charge in [0, 0.05) is 23.9 Å². The fourth-order valence-electron chi connectivity index (χ4n) is 4.46. The van der Waals surface area contributed by atoms with E-state index in [4.69, 9.17) is 9.84 Å². The SMILES string of the molecule is COc1ccc(-c2nc(-n3ccc4c(cnc5nc(C6CCCCC6)nn54)c3=O)n[nH]2)cc1. The molecule has 4 heterocycles. The first-order chi connectivity index (χ1) is 16.2. The summed E-state index contributed by atoms with van der Waals surface area (Å²) in [6.07, 6.45) is 9.09. The van der Waals surface area contributed by atoms with Crippen LogP contribution in [-0.4, -0.2) is 46.4 Å². The van der Waals surface area contributed by atoms with Gasteiger partial charge in [-0.1, -0.05) is 19.3 Å². The molecule has 4 aromatic heterocycles. The molecule has 166 valence electrons. The van der Waals surface area contributed by atoms with Gasteiger partial charge in [-0.05, 0) is 43.2 Å². The number of nitrogens with one attached hydrogen (secondary N) is 1. The van der Waals surface area contributed by atoms with Crippen LogP contribution in [0.1, 0.15) is 43.8 Å². The molecular weight excluding hydrogens is 420 g/mol. The van der Waals surface area contributed by atoms with Gasteiger partial charge in [0.15, 0.2) is 11.6 Å². The van der Waals surface area contributed by atoms with Gasteiger partial charge >= 0.3 is 0 Å². The van der Waals surface area contributed by atoms with E-state index < -0.39 is 0 Å². The summed E-state index contributed by atoms with van der Waals surface area (Å²) >= 11 is 0. The van der Waals surface area contributed by atoms with Crippen LogP contribution in [0.4, 0.5) is 0 Å². The van der Waals surface area contributed by atoms with Gasteiger partial charge in [0.25, 0.3) is 17.3 Å². The number of H-pyrrole nitrogens is 1. The minimum atomic E-state index is -0.267. The van der Waals surface area contributed by atoms with Gasteiger partial charge in [-0.15, -0.1) is 10.2 Å². The maximum atomic E-state index is 13.3. The van der Waals surface area contributed by atoms with Crippen LogP contribution in [-0.2, 0) is 0 Å². The van der Waals surface area contributed by atoms with Crippen LogP contribution < -0.4 is 10.3 Å². The van der Waals surface area contributed by atoms with Crippen LogP contribution in [0.3, 0.4) is 0 Å². The number of aromatic amines is 1. The lowest BCUT2D eigenvalue weighted by Crippen LogP contribution is -2.20. The second kappa shape index (κ2) is 7.80. The molecule has 10 heteroatoms. The van der Waals surface area contributed by atoms with E-state index in [1.54, 1.807) is 24.0 Å². The zero-order chi connectivity index (χ0) is 22.4. The highest BCUT2D eigenvalue weighted by molar-refractivity contribution is 5.78. The van der Waals surface area contributed by atoms with Gasteiger partial charge in [0.2, 0.25) is 0 Å². The maximum Gasteiger partial charge on any atom is 0.268 e. The third kappa shape index (κ3) is 3.34. The standard InChI is InChI=1S/C23H22N8O2/c1-33-16-9-7-15(8-10-16)19-25-23(28-27-19)30-12-11-18-17(21(30)32)13-24-22-26-20(29-31(18)22)14-5-3-2-4-6-14/h7-14H,2-6H2,1H3,(H,25,27,28). The van der Waals surface area contributed by atoms with Crippen LogP contribution in [0.5, 0.6) is 5.75 Å². The van der Waals surface area contributed by atoms with Crippen molar-refractivity contribution in [1.82, 2.24) is 39.3 Å². The first-order valence-corrected chi connectivity index (χ1v) is 11.1. The van der Waals surface area contributed by atoms with E-state index in [-0.39, 0.29) is 11.5 Å². The smallest absolute Gasteiger partial charge is 0.268 e. The number of benzene rings is 1. The number of ether oxygens (including phenoxy) is 1. The van der Waals surface area contributed by atoms with Crippen LogP contribution in [0.15, 0.2) is 47.5 Å². The minimum Gasteiger partial charge on any atom is -0.497 e. The Labute approximate surface area is 188 Å². The molecule has 0 unspecified atom stereocenters. The fourth-order valence-corrected chi connectivity index (χ4v) is 4.46. The summed E-state index contributed by atoms with van der Waals surface area (Å²) in [4.78, 5) is 26.8. The van der Waals surface area contributed by atoms with Crippen molar-refractivity contribution in [2.75, 3.05) is 7.11 Å². The van der Waals surface area contributed by atoms with E-state index >= 15 is 0 Å². The van der Waals surface area contributed by atoms with E-state index in [9.17, 15) is 4.79 Å². The summed E-state index contributed by atoms with van der Waals surface area (Å²) in [5, 5.41) is 12.3. The Kier molecular flexibility index (Phi) is 4.63. The number of methoxy groups -OCH3 is 1. The lowest BCUT2D eigenvalue weighted by Gasteiger charge is -2.17. The van der Waals surface area contributed by atoms with Crippen molar-refractivity contribution in [3.63, 3.8) is 0 Å². The average Bonchev–Trinajstić information content (AvgIpc) is 3.53. The quantitative estimate of drug-likeness (QED) is 0.454. The molecule has 0 saturated heterocycles. The molecular formula is C23H22N8O2. The highest BCUT2D eigenvalue weighted by Crippen LogP contribution is 2.31. The molecule has 0 spiro atoms. The molecule has 0 amide bonds. The Balaban J connectivity index is 1.39. The maximum absolute atomic E-state index is 13.3. The Morgan fingerprint density at radius 2 is 1.88 bits per heavy atom. The van der Waals surface area contributed by atoms with Gasteiger partial charge in [-0.25, -0.2) is 9.55 Å². The van der Waals surface area contributed by atoms with Crippen LogP contribution in [0.25, 0.3) is 34.0 Å². The second-order valence-corrected chi connectivity index (χ2v) is 8.28. The summed E-state index contributed by atoms with van der Waals surface area (Å²) < 4.78 is 8.27. The van der Waals surface area contributed by atoms with E-state index in [0.29, 0.717) is 28.4 Å². The summed E-state index contributed by atoms with van der Waals surface area (Å²) in [7, 11) is 1.62. The predicted octanol–water partition coefficient (Wildman–Crippen LogP) is 3.27. The highest BCUT2D eigenvalue weighted by atomic mass is 16.5. The molecule has 0 atom stereocenters. The number of fused-ring (bicyclic) bond motifs is 3. The summed E-state index contributed by atoms with van der Waals surface area (Å²) in [5.74, 6) is 3.26. The Bertz CT molecular complexity index is 1510. The number of nitrogens with zero attached hydrogens (tertiary/aromatic N) is 7. The van der Waals surface area contributed by atoms with Crippen LogP contribution >= 0.6 is 0 Å². The van der Waals surface area contributed by atoms with Crippen molar-refractivity contribution >= 4 is 16.7 Å². The van der Waals surface area contributed by atoms with Gasteiger partial charge in [-0.2, -0.15) is 14.5 Å². The van der Waals surface area contributed by atoms with E-state index in [1.165, 1.54) is 23.8 Å². The largest absolute Gasteiger partial charge is 0.497 e. The predicted molar refractivity (Wildman–Crippen MR) is 122 cm³/mol. The molecule has 1 saturated carbocycles. The van der Waals surface area contributed by atoms with Gasteiger partial charge in [0.05, 0.1) is 18.0 Å². The summed E-state index contributed by atoms with van der Waals surface area (Å²) in [5.41, 5.74) is 1.24. The normalized spacial score (nSPS) is 14.8. The zero-order valence-corrected chi connectivity index (χ0v) is 18.1. The van der Waals surface area contributed by atoms with Crippen molar-refractivity contribution in [3.8, 4) is 23.1 Å². The Hall–Kier alpha value is -4.08. The molecule has 1 aliphatic rings. The molecule has 0 radical (unpaired) electrons. The Morgan fingerprint density at radius 1 is 1.06 bits per heavy atom. The van der Waals surface area contributed by atoms with Crippen molar-refractivity contribution < 1.29 is 4.74 Å². The second-order valence-electron chi connectivity index (χ2n) is 8.28. The molecule has 0 aliphatic heterocycles. The lowest BCUT2D eigenvalue weighted by molar-refractivity contribution is 0.415. The molecule has 1 fully saturated rings. The van der Waals surface area contributed by atoms with Crippen LogP contribution in [0.2, 0.25) is 0 Å². The van der Waals surface area contributed by atoms with E-state index in [1.807, 2.05) is 30.3 Å². The third-order valence-electron chi connectivity index (χ3n) is 6.27. The fraction of sp³-hybridized carbons (Fsp3) is 0.304. The number of hydrogen-bond donors (Lipinski definition) is 1. The molecule has 1 N–H and O–H groups in total. The average molecular weight is 442 g/mol. The topological polar surface area (TPSA) is 116 Å². The number of aromatic nitrogens is 8. The lowest BCUT2D eigenvalue weighted by atomic mass is 9.89. The van der Waals surface area contributed by atoms with Crippen LogP contribution in [0, 0.1) is 0 Å². The zero-order valence-electron chi connectivity index (χ0n) is 18.1. The molecule has 0 bridgehead atoms. The minimum absolute atomic E-state index is 0.259. The summed E-state index contributed by atoms with van der Waals surface area (Å²) in [6.45, 7) is 0. The molecule has 10 nitrogen and oxygen atoms in total. The molecule has 1 aromatic carbocycles.